The van der Waals surface area contributed by atoms with Gasteiger partial charge in [0, 0.05) is 24.5 Å². The van der Waals surface area contributed by atoms with Crippen LogP contribution in [0.15, 0.2) is 36.4 Å². The van der Waals surface area contributed by atoms with E-state index in [1.807, 2.05) is 12.1 Å². The topological polar surface area (TPSA) is 41.6 Å². The Morgan fingerprint density at radius 1 is 1.08 bits per heavy atom. The molecule has 1 saturated heterocycles. The zero-order chi connectivity index (χ0) is 17.1. The molecule has 7 heteroatoms. The van der Waals surface area contributed by atoms with E-state index in [1.165, 1.54) is 6.07 Å². The lowest BCUT2D eigenvalue weighted by Crippen LogP contribution is -2.36. The molecule has 1 N–H and O–H groups in total. The predicted octanol–water partition coefficient (Wildman–Crippen LogP) is 4.22. The molecule has 0 spiro atoms. The van der Waals surface area contributed by atoms with Gasteiger partial charge in [-0.3, -0.25) is 4.79 Å². The van der Waals surface area contributed by atoms with Crippen LogP contribution in [0.1, 0.15) is 10.4 Å². The maximum atomic E-state index is 13.5. The number of rotatable bonds is 3. The van der Waals surface area contributed by atoms with Gasteiger partial charge in [-0.25, -0.2) is 4.39 Å². The van der Waals surface area contributed by atoms with Crippen molar-refractivity contribution in [3.05, 3.63) is 57.8 Å². The molecule has 4 nitrogen and oxygen atoms in total. The second-order valence-electron chi connectivity index (χ2n) is 5.35. The largest absolute Gasteiger partial charge is 0.378 e. The van der Waals surface area contributed by atoms with E-state index in [0.717, 1.165) is 24.8 Å². The SMILES string of the molecule is O=C(Nc1ccc(N2CCOCC2)cc1)c1cc(F)c(Cl)cc1Cl. The highest BCUT2D eigenvalue weighted by atomic mass is 35.5. The van der Waals surface area contributed by atoms with Crippen LogP contribution in [0.4, 0.5) is 15.8 Å². The molecule has 126 valence electrons. The number of hydrogen-bond donors (Lipinski definition) is 1. The molecule has 0 aromatic heterocycles. The van der Waals surface area contributed by atoms with Gasteiger partial charge in [0.15, 0.2) is 0 Å². The van der Waals surface area contributed by atoms with Crippen molar-refractivity contribution in [1.82, 2.24) is 0 Å². The minimum Gasteiger partial charge on any atom is -0.378 e. The summed E-state index contributed by atoms with van der Waals surface area (Å²) in [5, 5.41) is 2.68. The normalized spacial score (nSPS) is 14.5. The number of ether oxygens (including phenoxy) is 1. The van der Waals surface area contributed by atoms with Crippen LogP contribution in [0.3, 0.4) is 0 Å². The first-order valence-electron chi connectivity index (χ1n) is 7.43. The van der Waals surface area contributed by atoms with E-state index < -0.39 is 11.7 Å². The van der Waals surface area contributed by atoms with Crippen LogP contribution in [-0.4, -0.2) is 32.2 Å². The summed E-state index contributed by atoms with van der Waals surface area (Å²) in [4.78, 5) is 14.5. The Kier molecular flexibility index (Phi) is 5.23. The molecule has 0 saturated carbocycles. The highest BCUT2D eigenvalue weighted by Crippen LogP contribution is 2.25. The van der Waals surface area contributed by atoms with Crippen molar-refractivity contribution in [1.29, 1.82) is 0 Å². The second-order valence-corrected chi connectivity index (χ2v) is 6.16. The zero-order valence-electron chi connectivity index (χ0n) is 12.7. The highest BCUT2D eigenvalue weighted by Gasteiger charge is 2.15. The molecule has 1 aliphatic rings. The number of halogens is 3. The van der Waals surface area contributed by atoms with Crippen molar-refractivity contribution in [2.45, 2.75) is 0 Å². The van der Waals surface area contributed by atoms with Crippen molar-refractivity contribution < 1.29 is 13.9 Å². The number of amides is 1. The molecule has 1 amide bonds. The Morgan fingerprint density at radius 3 is 2.42 bits per heavy atom. The lowest BCUT2D eigenvalue weighted by molar-refractivity contribution is 0.102. The number of nitrogens with zero attached hydrogens (tertiary/aromatic N) is 1. The summed E-state index contributed by atoms with van der Waals surface area (Å²) in [6, 6.07) is 9.68. The molecule has 0 unspecified atom stereocenters. The fraction of sp³-hybridized carbons (Fsp3) is 0.235. The van der Waals surface area contributed by atoms with Crippen molar-refractivity contribution in [2.75, 3.05) is 36.5 Å². The summed E-state index contributed by atoms with van der Waals surface area (Å²) >= 11 is 11.6. The van der Waals surface area contributed by atoms with Crippen LogP contribution in [-0.2, 0) is 4.74 Å². The number of hydrogen-bond acceptors (Lipinski definition) is 3. The van der Waals surface area contributed by atoms with Crippen molar-refractivity contribution in [3.8, 4) is 0 Å². The molecule has 0 radical (unpaired) electrons. The van der Waals surface area contributed by atoms with Gasteiger partial charge >= 0.3 is 0 Å². The smallest absolute Gasteiger partial charge is 0.257 e. The van der Waals surface area contributed by atoms with Crippen molar-refractivity contribution >= 4 is 40.5 Å². The number of anilines is 2. The molecule has 2 aromatic carbocycles. The Morgan fingerprint density at radius 2 is 1.75 bits per heavy atom. The molecule has 0 bridgehead atoms. The fourth-order valence-corrected chi connectivity index (χ4v) is 2.94. The van der Waals surface area contributed by atoms with Crippen LogP contribution in [0.2, 0.25) is 10.0 Å². The maximum absolute atomic E-state index is 13.5. The molecule has 1 fully saturated rings. The number of carbonyl (C=O) groups excluding carboxylic acids is 1. The van der Waals surface area contributed by atoms with Gasteiger partial charge in [0.1, 0.15) is 5.82 Å². The van der Waals surface area contributed by atoms with E-state index in [-0.39, 0.29) is 15.6 Å². The summed E-state index contributed by atoms with van der Waals surface area (Å²) < 4.78 is 18.9. The third kappa shape index (κ3) is 3.80. The average Bonchev–Trinajstić information content (AvgIpc) is 2.59. The Bertz CT molecular complexity index is 747. The van der Waals surface area contributed by atoms with Gasteiger partial charge in [-0.2, -0.15) is 0 Å². The summed E-state index contributed by atoms with van der Waals surface area (Å²) in [7, 11) is 0. The van der Waals surface area contributed by atoms with E-state index >= 15 is 0 Å². The monoisotopic (exact) mass is 368 g/mol. The van der Waals surface area contributed by atoms with Crippen LogP contribution < -0.4 is 10.2 Å². The molecule has 0 atom stereocenters. The summed E-state index contributed by atoms with van der Waals surface area (Å²) in [6.07, 6.45) is 0. The predicted molar refractivity (Wildman–Crippen MR) is 93.8 cm³/mol. The molecule has 3 rings (SSSR count). The molecule has 2 aromatic rings. The third-order valence-corrected chi connectivity index (χ3v) is 4.36. The second kappa shape index (κ2) is 7.38. The minimum absolute atomic E-state index is 0.0378. The van der Waals surface area contributed by atoms with Crippen LogP contribution >= 0.6 is 23.2 Å². The van der Waals surface area contributed by atoms with E-state index in [1.54, 1.807) is 12.1 Å². The summed E-state index contributed by atoms with van der Waals surface area (Å²) in [6.45, 7) is 3.09. The number of nitrogens with one attached hydrogen (secondary N) is 1. The first-order chi connectivity index (χ1) is 11.5. The number of morpholine rings is 1. The van der Waals surface area contributed by atoms with E-state index in [2.05, 4.69) is 10.2 Å². The molecule has 1 heterocycles. The fourth-order valence-electron chi connectivity index (χ4n) is 2.47. The Labute approximate surface area is 149 Å². The number of benzene rings is 2. The zero-order valence-corrected chi connectivity index (χ0v) is 14.2. The number of carbonyl (C=O) groups is 1. The standard InChI is InChI=1S/C17H15Cl2FN2O2/c18-14-10-15(19)16(20)9-13(14)17(23)21-11-1-3-12(4-2-11)22-5-7-24-8-6-22/h1-4,9-10H,5-8H2,(H,21,23). The highest BCUT2D eigenvalue weighted by molar-refractivity contribution is 6.37. The van der Waals surface area contributed by atoms with Gasteiger partial charge in [-0.1, -0.05) is 23.2 Å². The van der Waals surface area contributed by atoms with Crippen LogP contribution in [0.5, 0.6) is 0 Å². The minimum atomic E-state index is -0.686. The Balaban J connectivity index is 1.71. The molecule has 24 heavy (non-hydrogen) atoms. The van der Waals surface area contributed by atoms with Gasteiger partial charge < -0.3 is 15.0 Å². The average molecular weight is 369 g/mol. The van der Waals surface area contributed by atoms with Gasteiger partial charge in [0.25, 0.3) is 5.91 Å². The van der Waals surface area contributed by atoms with Gasteiger partial charge in [0.05, 0.1) is 28.8 Å². The molecule has 1 aliphatic heterocycles. The van der Waals surface area contributed by atoms with Crippen LogP contribution in [0.25, 0.3) is 0 Å². The van der Waals surface area contributed by atoms with E-state index in [4.69, 9.17) is 27.9 Å². The van der Waals surface area contributed by atoms with E-state index in [0.29, 0.717) is 18.9 Å². The maximum Gasteiger partial charge on any atom is 0.257 e. The Hall–Kier alpha value is -1.82. The first-order valence-corrected chi connectivity index (χ1v) is 8.19. The quantitative estimate of drug-likeness (QED) is 0.824. The van der Waals surface area contributed by atoms with E-state index in [9.17, 15) is 9.18 Å². The lowest BCUT2D eigenvalue weighted by Gasteiger charge is -2.28. The van der Waals surface area contributed by atoms with Crippen molar-refractivity contribution in [2.24, 2.45) is 0 Å². The molecular weight excluding hydrogens is 354 g/mol. The van der Waals surface area contributed by atoms with Gasteiger partial charge in [-0.15, -0.1) is 0 Å². The van der Waals surface area contributed by atoms with Gasteiger partial charge in [-0.05, 0) is 36.4 Å². The van der Waals surface area contributed by atoms with Gasteiger partial charge in [0.2, 0.25) is 0 Å². The lowest BCUT2D eigenvalue weighted by atomic mass is 10.2. The molecule has 0 aliphatic carbocycles. The molecular formula is C17H15Cl2FN2O2. The third-order valence-electron chi connectivity index (χ3n) is 3.76. The summed E-state index contributed by atoms with van der Waals surface area (Å²) in [5.74, 6) is -1.18. The summed E-state index contributed by atoms with van der Waals surface area (Å²) in [5.41, 5.74) is 1.70. The van der Waals surface area contributed by atoms with Crippen LogP contribution in [0, 0.1) is 5.82 Å². The first kappa shape index (κ1) is 17.0. The van der Waals surface area contributed by atoms with Crippen molar-refractivity contribution in [3.63, 3.8) is 0 Å².